The van der Waals surface area contributed by atoms with Gasteiger partial charge in [-0.05, 0) is 110 Å². The van der Waals surface area contributed by atoms with E-state index in [4.69, 9.17) is 21.3 Å². The fraction of sp³-hybridized carbons (Fsp3) is 0.355. The molecule has 1 saturated heterocycles. The predicted molar refractivity (Wildman–Crippen MR) is 156 cm³/mol. The molecule has 0 bridgehead atoms. The number of hydrogen-bond donors (Lipinski definition) is 1. The molecule has 38 heavy (non-hydrogen) atoms. The highest BCUT2D eigenvalue weighted by Crippen LogP contribution is 2.42. The molecule has 0 spiro atoms. The van der Waals surface area contributed by atoms with Gasteiger partial charge < -0.3 is 19.9 Å². The van der Waals surface area contributed by atoms with Gasteiger partial charge in [0.05, 0.1) is 19.1 Å². The first kappa shape index (κ1) is 26.3. The second-order valence-electron chi connectivity index (χ2n) is 10.5. The minimum atomic E-state index is -0.572. The second kappa shape index (κ2) is 10.8. The monoisotopic (exact) mass is 530 g/mol. The van der Waals surface area contributed by atoms with Gasteiger partial charge in [-0.15, -0.1) is 0 Å². The second-order valence-corrected chi connectivity index (χ2v) is 10.9. The van der Waals surface area contributed by atoms with Crippen molar-refractivity contribution in [3.63, 3.8) is 0 Å². The number of benzene rings is 3. The van der Waals surface area contributed by atoms with Crippen molar-refractivity contribution in [2.24, 2.45) is 4.99 Å². The number of hydrogen-bond acceptors (Lipinski definition) is 5. The van der Waals surface area contributed by atoms with Crippen molar-refractivity contribution in [1.29, 1.82) is 0 Å². The lowest BCUT2D eigenvalue weighted by atomic mass is 9.90. The van der Waals surface area contributed by atoms with Gasteiger partial charge in [0, 0.05) is 35.9 Å². The number of nitrogens with one attached hydrogen (secondary N) is 1. The quantitative estimate of drug-likeness (QED) is 0.402. The summed E-state index contributed by atoms with van der Waals surface area (Å²) in [6, 6.07) is 15.9. The number of fused-ring (bicyclic) bond motifs is 1. The first-order valence-corrected chi connectivity index (χ1v) is 13.5. The molecule has 2 unspecified atom stereocenters. The van der Waals surface area contributed by atoms with E-state index in [1.165, 1.54) is 0 Å². The number of aliphatic imine (C=N–C) groups is 1. The third-order valence-electron chi connectivity index (χ3n) is 7.59. The number of nitrogens with zero attached hydrogens (tertiary/aromatic N) is 3. The highest BCUT2D eigenvalue weighted by Gasteiger charge is 2.36. The molecule has 0 radical (unpaired) electrons. The van der Waals surface area contributed by atoms with Gasteiger partial charge in [0.15, 0.2) is 0 Å². The van der Waals surface area contributed by atoms with Crippen LogP contribution >= 0.6 is 11.6 Å². The molecular weight excluding hydrogens is 496 g/mol. The van der Waals surface area contributed by atoms with Crippen LogP contribution in [0.5, 0.6) is 5.75 Å². The molecule has 198 valence electrons. The van der Waals surface area contributed by atoms with Gasteiger partial charge in [-0.25, -0.2) is 4.99 Å². The maximum absolute atomic E-state index is 14.2. The fourth-order valence-corrected chi connectivity index (χ4v) is 5.85. The molecule has 5 rings (SSSR count). The predicted octanol–water partition coefficient (Wildman–Crippen LogP) is 6.37. The first-order chi connectivity index (χ1) is 18.2. The highest BCUT2D eigenvalue weighted by atomic mass is 35.5. The number of carbonyl (C=O) groups is 1. The lowest BCUT2D eigenvalue weighted by Crippen LogP contribution is -2.46. The number of halogens is 1. The third kappa shape index (κ3) is 5.16. The molecule has 0 aliphatic carbocycles. The van der Waals surface area contributed by atoms with Crippen molar-refractivity contribution >= 4 is 35.2 Å². The van der Waals surface area contributed by atoms with E-state index in [1.54, 1.807) is 13.4 Å². The normalized spacial score (nSPS) is 18.4. The van der Waals surface area contributed by atoms with Crippen molar-refractivity contribution in [2.75, 3.05) is 32.1 Å². The van der Waals surface area contributed by atoms with Crippen LogP contribution in [0.15, 0.2) is 53.5 Å². The van der Waals surface area contributed by atoms with Crippen molar-refractivity contribution in [1.82, 2.24) is 10.2 Å². The summed E-state index contributed by atoms with van der Waals surface area (Å²) in [5.74, 6) is 0.828. The Bertz CT molecular complexity index is 1380. The summed E-state index contributed by atoms with van der Waals surface area (Å²) in [6.07, 6.45) is 3.99. The standard InChI is InChI=1S/C31H35ClN4O2/c1-19-11-22(32)14-24(12-19)36-18-34-29-13-21(3)27(26-15-25(38-5)9-8-20(26)2)16-28(29)30(36)31(37)35(4)17-23-7-6-10-33-23/h8-9,11-16,18,23,30,33H,6-7,10,17H2,1-5H3. The summed E-state index contributed by atoms with van der Waals surface area (Å²) in [4.78, 5) is 22.9. The Morgan fingerprint density at radius 2 is 1.89 bits per heavy atom. The molecule has 3 aromatic rings. The Balaban J connectivity index is 1.63. The summed E-state index contributed by atoms with van der Waals surface area (Å²) >= 11 is 6.46. The van der Waals surface area contributed by atoms with Crippen molar-refractivity contribution in [3.05, 3.63) is 75.8 Å². The van der Waals surface area contributed by atoms with Crippen LogP contribution < -0.4 is 15.0 Å². The zero-order valence-corrected chi connectivity index (χ0v) is 23.5. The molecule has 2 heterocycles. The van der Waals surface area contributed by atoms with Crippen molar-refractivity contribution in [2.45, 2.75) is 45.7 Å². The van der Waals surface area contributed by atoms with Gasteiger partial charge in [0.25, 0.3) is 0 Å². The van der Waals surface area contributed by atoms with Crippen LogP contribution in [-0.4, -0.2) is 50.4 Å². The van der Waals surface area contributed by atoms with Crippen LogP contribution in [0.3, 0.4) is 0 Å². The van der Waals surface area contributed by atoms with Crippen LogP contribution in [0.25, 0.3) is 11.1 Å². The SMILES string of the molecule is COc1ccc(C)c(-c2cc3c(cc2C)N=CN(c2cc(C)cc(Cl)c2)C3C(=O)N(C)CC2CCCN2)c1. The molecule has 1 fully saturated rings. The number of methoxy groups -OCH3 is 1. The van der Waals surface area contributed by atoms with E-state index in [0.717, 1.165) is 69.9 Å². The van der Waals surface area contributed by atoms with Gasteiger partial charge in [-0.1, -0.05) is 17.7 Å². The number of likely N-dealkylation sites (N-methyl/N-ethyl adjacent to an activating group) is 1. The Kier molecular flexibility index (Phi) is 7.46. The topological polar surface area (TPSA) is 57.2 Å². The molecule has 2 atom stereocenters. The van der Waals surface area contributed by atoms with Crippen LogP contribution in [0.1, 0.15) is 41.1 Å². The lowest BCUT2D eigenvalue weighted by Gasteiger charge is -2.36. The van der Waals surface area contributed by atoms with E-state index >= 15 is 0 Å². The van der Waals surface area contributed by atoms with Crippen LogP contribution in [-0.2, 0) is 4.79 Å². The van der Waals surface area contributed by atoms with Gasteiger partial charge in [-0.2, -0.15) is 0 Å². The average Bonchev–Trinajstić information content (AvgIpc) is 3.40. The summed E-state index contributed by atoms with van der Waals surface area (Å²) in [6.45, 7) is 7.86. The molecule has 2 aliphatic rings. The number of rotatable bonds is 6. The van der Waals surface area contributed by atoms with Crippen LogP contribution in [0.4, 0.5) is 11.4 Å². The molecule has 1 N–H and O–H groups in total. The fourth-order valence-electron chi connectivity index (χ4n) is 5.57. The Morgan fingerprint density at radius 1 is 1.11 bits per heavy atom. The number of ether oxygens (including phenoxy) is 1. The van der Waals surface area contributed by atoms with Crippen LogP contribution in [0.2, 0.25) is 5.02 Å². The van der Waals surface area contributed by atoms with E-state index in [9.17, 15) is 4.79 Å². The van der Waals surface area contributed by atoms with Crippen molar-refractivity contribution in [3.8, 4) is 16.9 Å². The molecule has 7 heteroatoms. The Hall–Kier alpha value is -3.35. The zero-order chi connectivity index (χ0) is 27.0. The van der Waals surface area contributed by atoms with E-state index in [-0.39, 0.29) is 5.91 Å². The summed E-state index contributed by atoms with van der Waals surface area (Å²) < 4.78 is 5.52. The molecule has 2 aliphatic heterocycles. The maximum Gasteiger partial charge on any atom is 0.250 e. The smallest absolute Gasteiger partial charge is 0.250 e. The average molecular weight is 531 g/mol. The molecule has 1 amide bonds. The maximum atomic E-state index is 14.2. The first-order valence-electron chi connectivity index (χ1n) is 13.1. The number of anilines is 1. The number of amides is 1. The summed E-state index contributed by atoms with van der Waals surface area (Å²) in [5.41, 5.74) is 7.95. The number of carbonyl (C=O) groups excluding carboxylic acids is 1. The molecule has 0 aromatic heterocycles. The van der Waals surface area contributed by atoms with Gasteiger partial charge >= 0.3 is 0 Å². The molecule has 6 nitrogen and oxygen atoms in total. The minimum absolute atomic E-state index is 0.0286. The van der Waals surface area contributed by atoms with E-state index in [0.29, 0.717) is 17.6 Å². The number of aryl methyl sites for hydroxylation is 3. The summed E-state index contributed by atoms with van der Waals surface area (Å²) in [7, 11) is 3.58. The van der Waals surface area contributed by atoms with Gasteiger partial charge in [-0.3, -0.25) is 4.79 Å². The molecule has 3 aromatic carbocycles. The van der Waals surface area contributed by atoms with Crippen molar-refractivity contribution < 1.29 is 9.53 Å². The third-order valence-corrected chi connectivity index (χ3v) is 7.81. The summed E-state index contributed by atoms with van der Waals surface area (Å²) in [5, 5.41) is 4.14. The van der Waals surface area contributed by atoms with Crippen LogP contribution in [0, 0.1) is 20.8 Å². The lowest BCUT2D eigenvalue weighted by molar-refractivity contribution is -0.131. The zero-order valence-electron chi connectivity index (χ0n) is 22.7. The van der Waals surface area contributed by atoms with Gasteiger partial charge in [0.2, 0.25) is 5.91 Å². The minimum Gasteiger partial charge on any atom is -0.497 e. The Morgan fingerprint density at radius 3 is 2.61 bits per heavy atom. The molecular formula is C31H35ClN4O2. The molecule has 0 saturated carbocycles. The highest BCUT2D eigenvalue weighted by molar-refractivity contribution is 6.31. The van der Waals surface area contributed by atoms with E-state index < -0.39 is 6.04 Å². The van der Waals surface area contributed by atoms with E-state index in [2.05, 4.69) is 43.4 Å². The Labute approximate surface area is 230 Å². The van der Waals surface area contributed by atoms with E-state index in [1.807, 2.05) is 48.0 Å². The van der Waals surface area contributed by atoms with Gasteiger partial charge in [0.1, 0.15) is 11.8 Å². The largest absolute Gasteiger partial charge is 0.497 e.